The van der Waals surface area contributed by atoms with Crippen molar-refractivity contribution in [2.45, 2.75) is 26.2 Å². The second-order valence-corrected chi connectivity index (χ2v) is 13.7. The quantitative estimate of drug-likeness (QED) is 0.128. The molecule has 1 aliphatic heterocycles. The van der Waals surface area contributed by atoms with Gasteiger partial charge < -0.3 is 14.2 Å². The molecule has 0 saturated heterocycles. The van der Waals surface area contributed by atoms with Crippen LogP contribution in [0.4, 0.5) is 22.7 Å². The van der Waals surface area contributed by atoms with E-state index in [1.54, 1.807) is 0 Å². The van der Waals surface area contributed by atoms with Crippen molar-refractivity contribution in [1.29, 1.82) is 0 Å². The normalized spacial score (nSPS) is 12.4. The molecule has 9 rings (SSSR count). The Labute approximate surface area is 318 Å². The maximum absolute atomic E-state index is 6.56. The molecule has 2 aromatic heterocycles. The van der Waals surface area contributed by atoms with Crippen LogP contribution >= 0.6 is 0 Å². The number of hydrogen-bond acceptors (Lipinski definition) is 3. The summed E-state index contributed by atoms with van der Waals surface area (Å²) >= 11 is 0. The maximum Gasteiger partial charge on any atom is 0.268 e. The molecule has 0 unspecified atom stereocenters. The molecule has 0 radical (unpaired) electrons. The van der Waals surface area contributed by atoms with Crippen molar-refractivity contribution in [3.63, 3.8) is 0 Å². The van der Waals surface area contributed by atoms with E-state index in [1.807, 2.05) is 48.7 Å². The van der Waals surface area contributed by atoms with Gasteiger partial charge in [0.2, 0.25) is 0 Å². The van der Waals surface area contributed by atoms with Crippen molar-refractivity contribution in [2.24, 2.45) is 0 Å². The van der Waals surface area contributed by atoms with Gasteiger partial charge in [0, 0.05) is 44.3 Å². The fourth-order valence-corrected chi connectivity index (χ4v) is 6.88. The Morgan fingerprint density at radius 1 is 0.654 bits per heavy atom. The maximum atomic E-state index is 6.56. The topological polar surface area (TPSA) is 33.3 Å². The zero-order valence-corrected chi connectivity index (χ0v) is 31.2. The Balaban J connectivity index is 0.00000387. The number of ether oxygens (including phenoxy) is 1. The second-order valence-electron chi connectivity index (χ2n) is 13.7. The van der Waals surface area contributed by atoms with Crippen molar-refractivity contribution < 1.29 is 25.8 Å². The van der Waals surface area contributed by atoms with E-state index >= 15 is 0 Å². The van der Waals surface area contributed by atoms with Crippen molar-refractivity contribution in [1.82, 2.24) is 14.1 Å². The summed E-state index contributed by atoms with van der Waals surface area (Å²) in [5.41, 5.74) is 9.27. The summed E-state index contributed by atoms with van der Waals surface area (Å²) in [5.74, 6) is 2.02. The summed E-state index contributed by atoms with van der Waals surface area (Å²) < 4.78 is 10.9. The number of para-hydroxylation sites is 4. The molecule has 0 aliphatic carbocycles. The Hall–Kier alpha value is -5.77. The van der Waals surface area contributed by atoms with Gasteiger partial charge in [-0.15, -0.1) is 29.7 Å². The standard InChI is InChI=1S/C46H34N4O.Pt/c1-46(2,3)32-26-27-47-45(28-32)50-43-23-12-9-20-39(43)40-25-24-36(30-44(40)50)51-35-17-13-16-34(29-35)49-31-48(33-14-5-4-6-15-33)41-21-10-7-18-37(41)38-19-8-11-22-42(38)49;/h4-28H,1-3H3;/q-2;. The van der Waals surface area contributed by atoms with Gasteiger partial charge in [-0.2, -0.15) is 18.2 Å². The zero-order chi connectivity index (χ0) is 34.5. The van der Waals surface area contributed by atoms with Gasteiger partial charge in [0.25, 0.3) is 6.34 Å². The predicted octanol–water partition coefficient (Wildman–Crippen LogP) is 11.4. The van der Waals surface area contributed by atoms with E-state index in [9.17, 15) is 0 Å². The summed E-state index contributed by atoms with van der Waals surface area (Å²) in [6, 6.07) is 57.1. The summed E-state index contributed by atoms with van der Waals surface area (Å²) in [6.45, 7) is 6.66. The van der Waals surface area contributed by atoms with Crippen LogP contribution in [0.15, 0.2) is 152 Å². The molecule has 0 atom stereocenters. The Bertz CT molecular complexity index is 2620. The van der Waals surface area contributed by atoms with Crippen LogP contribution in [0.1, 0.15) is 26.3 Å². The largest absolute Gasteiger partial charge is 0.510 e. The third-order valence-corrected chi connectivity index (χ3v) is 9.41. The molecule has 8 aromatic rings. The van der Waals surface area contributed by atoms with Gasteiger partial charge in [-0.25, -0.2) is 4.98 Å². The first-order valence-electron chi connectivity index (χ1n) is 17.1. The van der Waals surface area contributed by atoms with Gasteiger partial charge in [-0.1, -0.05) is 99.1 Å². The van der Waals surface area contributed by atoms with Gasteiger partial charge in [-0.05, 0) is 75.6 Å². The molecule has 0 bridgehead atoms. The van der Waals surface area contributed by atoms with Crippen molar-refractivity contribution >= 4 is 50.9 Å². The van der Waals surface area contributed by atoms with Crippen LogP contribution in [0.5, 0.6) is 11.5 Å². The molecule has 0 saturated carbocycles. The minimum Gasteiger partial charge on any atom is -0.510 e. The van der Waals surface area contributed by atoms with E-state index in [0.717, 1.165) is 61.5 Å². The molecule has 5 nitrogen and oxygen atoms in total. The zero-order valence-electron chi connectivity index (χ0n) is 28.9. The minimum absolute atomic E-state index is 0. The Morgan fingerprint density at radius 2 is 1.38 bits per heavy atom. The molecule has 1 aliphatic rings. The molecule has 6 heteroatoms. The van der Waals surface area contributed by atoms with Crippen molar-refractivity contribution in [2.75, 3.05) is 4.90 Å². The van der Waals surface area contributed by atoms with Gasteiger partial charge in [-0.3, -0.25) is 4.58 Å². The minimum atomic E-state index is -0.0149. The van der Waals surface area contributed by atoms with Crippen LogP contribution in [-0.2, 0) is 26.5 Å². The average molecular weight is 854 g/mol. The smallest absolute Gasteiger partial charge is 0.268 e. The fraction of sp³-hybridized carbons (Fsp3) is 0.0870. The third-order valence-electron chi connectivity index (χ3n) is 9.41. The summed E-state index contributed by atoms with van der Waals surface area (Å²) in [4.78, 5) is 6.88. The SMILES string of the molecule is CC(C)(C)c1ccnc(-n2c3[c-]c(Oc4[c-]c(N5[C-]=[N+](c6ccccc6)c6ccccc6-c6ccccc65)ccc4)ccc3c3ccccc32)c1.[Pt]. The van der Waals surface area contributed by atoms with Crippen molar-refractivity contribution in [3.8, 4) is 28.4 Å². The molecule has 256 valence electrons. The number of anilines is 2. The Kier molecular flexibility index (Phi) is 8.61. The van der Waals surface area contributed by atoms with Gasteiger partial charge >= 0.3 is 0 Å². The van der Waals surface area contributed by atoms with Gasteiger partial charge in [0.1, 0.15) is 5.82 Å². The predicted molar refractivity (Wildman–Crippen MR) is 208 cm³/mol. The molecular formula is C46H34N4OPt-2. The molecule has 0 amide bonds. The van der Waals surface area contributed by atoms with E-state index in [-0.39, 0.29) is 26.5 Å². The third kappa shape index (κ3) is 5.91. The van der Waals surface area contributed by atoms with Crippen LogP contribution in [0.3, 0.4) is 0 Å². The number of aromatic nitrogens is 2. The number of hydrogen-bond donors (Lipinski definition) is 0. The van der Waals surface area contributed by atoms with Crippen LogP contribution in [0, 0.1) is 12.1 Å². The van der Waals surface area contributed by atoms with E-state index in [1.165, 1.54) is 5.56 Å². The molecule has 6 aromatic carbocycles. The first kappa shape index (κ1) is 33.4. The van der Waals surface area contributed by atoms with Gasteiger partial charge in [0.15, 0.2) is 0 Å². The number of benzene rings is 6. The molecule has 0 N–H and O–H groups in total. The Morgan fingerprint density at radius 3 is 2.23 bits per heavy atom. The van der Waals surface area contributed by atoms with E-state index in [4.69, 9.17) is 9.72 Å². The first-order chi connectivity index (χ1) is 24.9. The molecule has 0 spiro atoms. The molecular weight excluding hydrogens is 820 g/mol. The number of pyridine rings is 1. The summed E-state index contributed by atoms with van der Waals surface area (Å²) in [6.07, 6.45) is 5.59. The molecule has 3 heterocycles. The van der Waals surface area contributed by atoms with E-state index in [2.05, 4.69) is 156 Å². The summed E-state index contributed by atoms with van der Waals surface area (Å²) in [7, 11) is 0. The molecule has 52 heavy (non-hydrogen) atoms. The second kappa shape index (κ2) is 13.4. The van der Waals surface area contributed by atoms with E-state index < -0.39 is 0 Å². The van der Waals surface area contributed by atoms with Crippen LogP contribution in [-0.4, -0.2) is 15.9 Å². The van der Waals surface area contributed by atoms with Crippen LogP contribution in [0.25, 0.3) is 38.8 Å². The first-order valence-corrected chi connectivity index (χ1v) is 17.1. The van der Waals surface area contributed by atoms with Crippen molar-refractivity contribution in [3.05, 3.63) is 169 Å². The monoisotopic (exact) mass is 853 g/mol. The van der Waals surface area contributed by atoms with E-state index in [0.29, 0.717) is 11.5 Å². The number of fused-ring (bicyclic) bond motifs is 6. The summed E-state index contributed by atoms with van der Waals surface area (Å²) in [5, 5.41) is 2.23. The van der Waals surface area contributed by atoms with Crippen LogP contribution in [0.2, 0.25) is 0 Å². The van der Waals surface area contributed by atoms with Gasteiger partial charge in [0.05, 0.1) is 17.1 Å². The molecule has 0 fully saturated rings. The average Bonchev–Trinajstić information content (AvgIpc) is 3.40. The fourth-order valence-electron chi connectivity index (χ4n) is 6.88. The number of nitrogens with zero attached hydrogens (tertiary/aromatic N) is 4. The van der Waals surface area contributed by atoms with Crippen LogP contribution < -0.4 is 14.2 Å². The number of rotatable bonds is 5.